The topological polar surface area (TPSA) is 60.0 Å². The van der Waals surface area contributed by atoms with Crippen LogP contribution in [0.5, 0.6) is 11.5 Å². The average Bonchev–Trinajstić information content (AvgIpc) is 2.75. The largest absolute Gasteiger partial charge is 0.497 e. The minimum Gasteiger partial charge on any atom is -0.497 e. The Hall–Kier alpha value is -2.64. The summed E-state index contributed by atoms with van der Waals surface area (Å²) in [6, 6.07) is 13.4. The number of morpholine rings is 1. The molecule has 0 spiro atoms. The molecule has 28 heavy (non-hydrogen) atoms. The number of hydrogen-bond acceptors (Lipinski definition) is 5. The second-order valence-electron chi connectivity index (χ2n) is 6.48. The third-order valence-corrected chi connectivity index (χ3v) is 4.66. The molecule has 0 saturated carbocycles. The van der Waals surface area contributed by atoms with E-state index in [9.17, 15) is 9.18 Å². The summed E-state index contributed by atoms with van der Waals surface area (Å²) in [5, 5.41) is 2.92. The van der Waals surface area contributed by atoms with E-state index in [1.807, 2.05) is 0 Å². The number of rotatable bonds is 8. The number of nitrogens with zero attached hydrogens (tertiary/aromatic N) is 1. The van der Waals surface area contributed by atoms with Crippen molar-refractivity contribution in [1.82, 2.24) is 10.2 Å². The summed E-state index contributed by atoms with van der Waals surface area (Å²) in [7, 11) is 1.59. The molecule has 7 heteroatoms. The summed E-state index contributed by atoms with van der Waals surface area (Å²) >= 11 is 0. The maximum absolute atomic E-state index is 13.3. The van der Waals surface area contributed by atoms with Crippen LogP contribution in [0.15, 0.2) is 48.5 Å². The lowest BCUT2D eigenvalue weighted by atomic mass is 10.0. The molecule has 0 bridgehead atoms. The lowest BCUT2D eigenvalue weighted by Crippen LogP contribution is -2.44. The fourth-order valence-corrected chi connectivity index (χ4v) is 3.11. The quantitative estimate of drug-likeness (QED) is 0.753. The first-order valence-electron chi connectivity index (χ1n) is 9.26. The fraction of sp³-hybridized carbons (Fsp3) is 0.381. The Morgan fingerprint density at radius 2 is 1.75 bits per heavy atom. The van der Waals surface area contributed by atoms with Crippen molar-refractivity contribution in [3.8, 4) is 11.5 Å². The normalized spacial score (nSPS) is 15.6. The van der Waals surface area contributed by atoms with Crippen LogP contribution in [0.4, 0.5) is 4.39 Å². The van der Waals surface area contributed by atoms with Crippen molar-refractivity contribution in [1.29, 1.82) is 0 Å². The lowest BCUT2D eigenvalue weighted by Gasteiger charge is -2.35. The Morgan fingerprint density at radius 1 is 1.11 bits per heavy atom. The van der Waals surface area contributed by atoms with Crippen LogP contribution in [-0.2, 0) is 9.53 Å². The summed E-state index contributed by atoms with van der Waals surface area (Å²) in [5.41, 5.74) is 0.958. The van der Waals surface area contributed by atoms with Gasteiger partial charge in [0.05, 0.1) is 26.4 Å². The molecule has 1 heterocycles. The molecule has 0 unspecified atom stereocenters. The van der Waals surface area contributed by atoms with Crippen molar-refractivity contribution in [2.45, 2.75) is 6.04 Å². The third-order valence-electron chi connectivity index (χ3n) is 4.66. The second kappa shape index (κ2) is 10.1. The second-order valence-corrected chi connectivity index (χ2v) is 6.48. The van der Waals surface area contributed by atoms with Crippen molar-refractivity contribution < 1.29 is 23.4 Å². The van der Waals surface area contributed by atoms with Gasteiger partial charge in [0.25, 0.3) is 5.91 Å². The zero-order valence-corrected chi connectivity index (χ0v) is 15.9. The highest BCUT2D eigenvalue weighted by molar-refractivity contribution is 5.77. The van der Waals surface area contributed by atoms with Crippen LogP contribution in [0.2, 0.25) is 0 Å². The maximum atomic E-state index is 13.3. The van der Waals surface area contributed by atoms with Crippen molar-refractivity contribution >= 4 is 5.91 Å². The first-order valence-corrected chi connectivity index (χ1v) is 9.26. The van der Waals surface area contributed by atoms with E-state index >= 15 is 0 Å². The minimum absolute atomic E-state index is 0.0468. The molecule has 1 saturated heterocycles. The standard InChI is InChI=1S/C21H25FN2O4/c1-26-18-6-8-19(9-7-18)28-15-21(25)23-14-20(24-10-12-27-13-11-24)16-2-4-17(22)5-3-16/h2-9,20H,10-15H2,1H3,(H,23,25)/t20-/m0/s1. The molecule has 2 aromatic carbocycles. The molecule has 1 aliphatic rings. The summed E-state index contributed by atoms with van der Waals surface area (Å²) < 4.78 is 29.3. The summed E-state index contributed by atoms with van der Waals surface area (Å²) in [4.78, 5) is 14.5. The van der Waals surface area contributed by atoms with Gasteiger partial charge in [-0.1, -0.05) is 12.1 Å². The van der Waals surface area contributed by atoms with Gasteiger partial charge in [0, 0.05) is 19.6 Å². The van der Waals surface area contributed by atoms with Crippen LogP contribution < -0.4 is 14.8 Å². The van der Waals surface area contributed by atoms with Gasteiger partial charge < -0.3 is 19.5 Å². The van der Waals surface area contributed by atoms with Crippen molar-refractivity contribution in [2.75, 3.05) is 46.6 Å². The van der Waals surface area contributed by atoms with E-state index in [4.69, 9.17) is 14.2 Å². The molecule has 1 N–H and O–H groups in total. The van der Waals surface area contributed by atoms with E-state index in [0.29, 0.717) is 25.5 Å². The first kappa shape index (κ1) is 20.1. The Labute approximate surface area is 164 Å². The van der Waals surface area contributed by atoms with Gasteiger partial charge in [-0.15, -0.1) is 0 Å². The van der Waals surface area contributed by atoms with Gasteiger partial charge >= 0.3 is 0 Å². The highest BCUT2D eigenvalue weighted by atomic mass is 19.1. The van der Waals surface area contributed by atoms with E-state index in [0.717, 1.165) is 24.4 Å². The smallest absolute Gasteiger partial charge is 0.258 e. The van der Waals surface area contributed by atoms with Crippen LogP contribution in [-0.4, -0.2) is 57.4 Å². The number of carbonyl (C=O) groups is 1. The minimum atomic E-state index is -0.276. The van der Waals surface area contributed by atoms with Crippen molar-refractivity contribution in [3.05, 3.63) is 59.9 Å². The maximum Gasteiger partial charge on any atom is 0.258 e. The van der Waals surface area contributed by atoms with Gasteiger partial charge in [-0.05, 0) is 42.0 Å². The number of hydrogen-bond donors (Lipinski definition) is 1. The van der Waals surface area contributed by atoms with Crippen molar-refractivity contribution in [3.63, 3.8) is 0 Å². The number of ether oxygens (including phenoxy) is 3. The predicted octanol–water partition coefficient (Wildman–Crippen LogP) is 2.40. The molecule has 0 aromatic heterocycles. The van der Waals surface area contributed by atoms with E-state index in [2.05, 4.69) is 10.2 Å². The van der Waals surface area contributed by atoms with Gasteiger partial charge in [-0.25, -0.2) is 4.39 Å². The molecule has 1 fully saturated rings. The van der Waals surface area contributed by atoms with Crippen molar-refractivity contribution in [2.24, 2.45) is 0 Å². The summed E-state index contributed by atoms with van der Waals surface area (Å²) in [6.45, 7) is 3.15. The number of halogens is 1. The highest BCUT2D eigenvalue weighted by Gasteiger charge is 2.23. The van der Waals surface area contributed by atoms with Crippen LogP contribution in [0.3, 0.4) is 0 Å². The zero-order chi connectivity index (χ0) is 19.8. The molecule has 1 amide bonds. The van der Waals surface area contributed by atoms with E-state index in [1.54, 1.807) is 43.5 Å². The summed E-state index contributed by atoms with van der Waals surface area (Å²) in [6.07, 6.45) is 0. The Kier molecular flexibility index (Phi) is 7.22. The monoisotopic (exact) mass is 388 g/mol. The molecule has 2 aromatic rings. The van der Waals surface area contributed by atoms with E-state index < -0.39 is 0 Å². The Morgan fingerprint density at radius 3 is 2.39 bits per heavy atom. The lowest BCUT2D eigenvalue weighted by molar-refractivity contribution is -0.123. The van der Waals surface area contributed by atoms with Crippen LogP contribution >= 0.6 is 0 Å². The molecule has 6 nitrogen and oxygen atoms in total. The number of methoxy groups -OCH3 is 1. The van der Waals surface area contributed by atoms with Gasteiger partial charge in [0.15, 0.2) is 6.61 Å². The predicted molar refractivity (Wildman–Crippen MR) is 103 cm³/mol. The highest BCUT2D eigenvalue weighted by Crippen LogP contribution is 2.22. The SMILES string of the molecule is COc1ccc(OCC(=O)NC[C@@H](c2ccc(F)cc2)N2CCOCC2)cc1. The van der Waals surface area contributed by atoms with Gasteiger partial charge in [-0.3, -0.25) is 9.69 Å². The molecule has 0 radical (unpaired) electrons. The van der Waals surface area contributed by atoms with Gasteiger partial charge in [0.2, 0.25) is 0 Å². The first-order chi connectivity index (χ1) is 13.7. The summed E-state index contributed by atoms with van der Waals surface area (Å²) in [5.74, 6) is 0.834. The van der Waals surface area contributed by atoms with Gasteiger partial charge in [-0.2, -0.15) is 0 Å². The van der Waals surface area contributed by atoms with Crippen LogP contribution in [0.25, 0.3) is 0 Å². The number of nitrogens with one attached hydrogen (secondary N) is 1. The number of carbonyl (C=O) groups excluding carboxylic acids is 1. The zero-order valence-electron chi connectivity index (χ0n) is 15.9. The van der Waals surface area contributed by atoms with E-state index in [1.165, 1.54) is 12.1 Å². The van der Waals surface area contributed by atoms with E-state index in [-0.39, 0.29) is 24.4 Å². The van der Waals surface area contributed by atoms with Gasteiger partial charge in [0.1, 0.15) is 17.3 Å². The average molecular weight is 388 g/mol. The van der Waals surface area contributed by atoms with Crippen LogP contribution in [0, 0.1) is 5.82 Å². The molecule has 150 valence electrons. The third kappa shape index (κ3) is 5.68. The Bertz CT molecular complexity index is 746. The Balaban J connectivity index is 1.55. The number of amides is 1. The molecule has 3 rings (SSSR count). The van der Waals surface area contributed by atoms with Crippen LogP contribution in [0.1, 0.15) is 11.6 Å². The fourth-order valence-electron chi connectivity index (χ4n) is 3.11. The molecule has 1 atom stereocenters. The molecular formula is C21H25FN2O4. The molecular weight excluding hydrogens is 363 g/mol. The molecule has 0 aliphatic carbocycles. The number of benzene rings is 2. The molecule has 1 aliphatic heterocycles.